The van der Waals surface area contributed by atoms with Crippen LogP contribution in [0.5, 0.6) is 0 Å². The summed E-state index contributed by atoms with van der Waals surface area (Å²) < 4.78 is 10.2. The second kappa shape index (κ2) is 5.38. The number of carbonyl (C=O) groups excluding carboxylic acids is 1. The standard InChI is InChI=1S/C12H21O3/c1-10(2)9-14-11(13)15-12(3)7-5-4-6-8-12/h9-10H,4-8H2,1-3H3. The highest BCUT2D eigenvalue weighted by Crippen LogP contribution is 2.31. The Morgan fingerprint density at radius 1 is 1.27 bits per heavy atom. The molecule has 1 saturated carbocycles. The fourth-order valence-corrected chi connectivity index (χ4v) is 1.82. The van der Waals surface area contributed by atoms with Gasteiger partial charge in [0.1, 0.15) is 12.2 Å². The Balaban J connectivity index is 2.29. The van der Waals surface area contributed by atoms with E-state index in [1.165, 1.54) is 13.0 Å². The maximum absolute atomic E-state index is 11.3. The van der Waals surface area contributed by atoms with Crippen molar-refractivity contribution in [3.8, 4) is 0 Å². The van der Waals surface area contributed by atoms with Gasteiger partial charge in [0.2, 0.25) is 0 Å². The predicted molar refractivity (Wildman–Crippen MR) is 58.2 cm³/mol. The minimum absolute atomic E-state index is 0.233. The van der Waals surface area contributed by atoms with Crippen LogP contribution in [0.3, 0.4) is 0 Å². The van der Waals surface area contributed by atoms with Gasteiger partial charge in [-0.15, -0.1) is 0 Å². The summed E-state index contributed by atoms with van der Waals surface area (Å²) in [6.07, 6.45) is 4.85. The summed E-state index contributed by atoms with van der Waals surface area (Å²) in [4.78, 5) is 11.3. The van der Waals surface area contributed by atoms with Gasteiger partial charge < -0.3 is 9.47 Å². The van der Waals surface area contributed by atoms with Crippen LogP contribution in [-0.4, -0.2) is 11.8 Å². The van der Waals surface area contributed by atoms with E-state index in [0.717, 1.165) is 25.7 Å². The highest BCUT2D eigenvalue weighted by Gasteiger charge is 2.31. The molecular weight excluding hydrogens is 192 g/mol. The van der Waals surface area contributed by atoms with Gasteiger partial charge in [-0.3, -0.25) is 0 Å². The van der Waals surface area contributed by atoms with Crippen LogP contribution in [0.2, 0.25) is 0 Å². The highest BCUT2D eigenvalue weighted by atomic mass is 16.7. The zero-order valence-corrected chi connectivity index (χ0v) is 9.91. The molecule has 0 saturated heterocycles. The van der Waals surface area contributed by atoms with Gasteiger partial charge >= 0.3 is 6.16 Å². The van der Waals surface area contributed by atoms with Crippen molar-refractivity contribution >= 4 is 6.16 Å². The molecule has 1 fully saturated rings. The molecule has 1 radical (unpaired) electrons. The largest absolute Gasteiger partial charge is 0.509 e. The average Bonchev–Trinajstić information content (AvgIpc) is 2.15. The molecule has 0 aromatic carbocycles. The lowest BCUT2D eigenvalue weighted by Crippen LogP contribution is -2.34. The van der Waals surface area contributed by atoms with Crippen molar-refractivity contribution in [2.75, 3.05) is 0 Å². The number of carbonyl (C=O) groups is 1. The van der Waals surface area contributed by atoms with Crippen LogP contribution >= 0.6 is 0 Å². The van der Waals surface area contributed by atoms with E-state index in [9.17, 15) is 4.79 Å². The Bertz CT molecular complexity index is 205. The molecule has 15 heavy (non-hydrogen) atoms. The van der Waals surface area contributed by atoms with E-state index in [-0.39, 0.29) is 11.5 Å². The number of hydrogen-bond acceptors (Lipinski definition) is 3. The van der Waals surface area contributed by atoms with Crippen molar-refractivity contribution in [1.29, 1.82) is 0 Å². The van der Waals surface area contributed by atoms with Crippen LogP contribution in [0.15, 0.2) is 0 Å². The van der Waals surface area contributed by atoms with Crippen molar-refractivity contribution in [3.05, 3.63) is 6.61 Å². The van der Waals surface area contributed by atoms with Crippen LogP contribution in [0.25, 0.3) is 0 Å². The van der Waals surface area contributed by atoms with E-state index in [1.54, 1.807) is 0 Å². The van der Waals surface area contributed by atoms with Gasteiger partial charge in [-0.2, -0.15) is 0 Å². The van der Waals surface area contributed by atoms with E-state index < -0.39 is 6.16 Å². The molecule has 0 bridgehead atoms. The quantitative estimate of drug-likeness (QED) is 0.671. The molecular formula is C12H21O3. The first-order valence-corrected chi connectivity index (χ1v) is 5.75. The molecule has 0 atom stereocenters. The molecule has 1 rings (SSSR count). The molecule has 3 heteroatoms. The minimum atomic E-state index is -0.562. The van der Waals surface area contributed by atoms with E-state index in [0.29, 0.717) is 0 Å². The first-order chi connectivity index (χ1) is 7.02. The van der Waals surface area contributed by atoms with Crippen LogP contribution in [0.1, 0.15) is 52.9 Å². The summed E-state index contributed by atoms with van der Waals surface area (Å²) in [5, 5.41) is 0. The SMILES string of the molecule is CC(C)[CH]OC(=O)OC1(C)CCCCC1. The molecule has 0 heterocycles. The van der Waals surface area contributed by atoms with Gasteiger partial charge in [0.25, 0.3) is 0 Å². The summed E-state index contributed by atoms with van der Waals surface area (Å²) in [6.45, 7) is 7.41. The van der Waals surface area contributed by atoms with Gasteiger partial charge in [0.05, 0.1) is 0 Å². The van der Waals surface area contributed by atoms with Crippen LogP contribution < -0.4 is 0 Å². The monoisotopic (exact) mass is 213 g/mol. The van der Waals surface area contributed by atoms with E-state index in [4.69, 9.17) is 9.47 Å². The molecule has 0 amide bonds. The average molecular weight is 213 g/mol. The highest BCUT2D eigenvalue weighted by molar-refractivity contribution is 5.61. The molecule has 0 aromatic rings. The number of hydrogen-bond donors (Lipinski definition) is 0. The first-order valence-electron chi connectivity index (χ1n) is 5.75. The Morgan fingerprint density at radius 3 is 2.40 bits per heavy atom. The third kappa shape index (κ3) is 4.54. The summed E-state index contributed by atoms with van der Waals surface area (Å²) in [7, 11) is 0. The normalized spacial score (nSPS) is 20.0. The second-order valence-corrected chi connectivity index (χ2v) is 4.86. The molecule has 0 N–H and O–H groups in total. The summed E-state index contributed by atoms with van der Waals surface area (Å²) >= 11 is 0. The van der Waals surface area contributed by atoms with E-state index in [1.807, 2.05) is 20.8 Å². The lowest BCUT2D eigenvalue weighted by molar-refractivity contribution is -0.0380. The van der Waals surface area contributed by atoms with Gasteiger partial charge in [-0.05, 0) is 38.5 Å². The molecule has 1 aliphatic carbocycles. The maximum Gasteiger partial charge on any atom is 0.509 e. The first kappa shape index (κ1) is 12.3. The molecule has 0 aromatic heterocycles. The molecule has 3 nitrogen and oxygen atoms in total. The van der Waals surface area contributed by atoms with Crippen molar-refractivity contribution in [2.24, 2.45) is 5.92 Å². The van der Waals surface area contributed by atoms with Gasteiger partial charge in [-0.25, -0.2) is 4.79 Å². The van der Waals surface area contributed by atoms with E-state index >= 15 is 0 Å². The van der Waals surface area contributed by atoms with Crippen molar-refractivity contribution < 1.29 is 14.3 Å². The van der Waals surface area contributed by atoms with Crippen molar-refractivity contribution in [3.63, 3.8) is 0 Å². The van der Waals surface area contributed by atoms with Gasteiger partial charge in [-0.1, -0.05) is 20.3 Å². The van der Waals surface area contributed by atoms with E-state index in [2.05, 4.69) is 0 Å². The fraction of sp³-hybridized carbons (Fsp3) is 0.833. The smallest absolute Gasteiger partial charge is 0.428 e. The zero-order valence-electron chi connectivity index (χ0n) is 9.91. The van der Waals surface area contributed by atoms with Crippen LogP contribution in [-0.2, 0) is 9.47 Å². The maximum atomic E-state index is 11.3. The Morgan fingerprint density at radius 2 is 1.87 bits per heavy atom. The molecule has 0 aliphatic heterocycles. The lowest BCUT2D eigenvalue weighted by Gasteiger charge is -2.32. The third-order valence-electron chi connectivity index (χ3n) is 2.68. The van der Waals surface area contributed by atoms with Crippen molar-refractivity contribution in [1.82, 2.24) is 0 Å². The Labute approximate surface area is 92.1 Å². The zero-order chi connectivity index (χ0) is 11.3. The third-order valence-corrected chi connectivity index (χ3v) is 2.68. The lowest BCUT2D eigenvalue weighted by atomic mass is 9.86. The number of rotatable bonds is 3. The van der Waals surface area contributed by atoms with Crippen molar-refractivity contribution in [2.45, 2.75) is 58.5 Å². The van der Waals surface area contributed by atoms with Gasteiger partial charge in [0.15, 0.2) is 0 Å². The Kier molecular flexibility index (Phi) is 4.43. The Hall–Kier alpha value is -0.730. The summed E-state index contributed by atoms with van der Waals surface area (Å²) in [5.41, 5.74) is -0.305. The summed E-state index contributed by atoms with van der Waals surface area (Å²) in [5.74, 6) is 0.233. The summed E-state index contributed by atoms with van der Waals surface area (Å²) in [6, 6.07) is 0. The minimum Gasteiger partial charge on any atom is -0.428 e. The predicted octanol–water partition coefficient (Wildman–Crippen LogP) is 3.68. The van der Waals surface area contributed by atoms with Gasteiger partial charge in [0, 0.05) is 0 Å². The molecule has 0 spiro atoms. The fourth-order valence-electron chi connectivity index (χ4n) is 1.82. The molecule has 0 unspecified atom stereocenters. The second-order valence-electron chi connectivity index (χ2n) is 4.86. The van der Waals surface area contributed by atoms with Crippen LogP contribution in [0.4, 0.5) is 4.79 Å². The number of ether oxygens (including phenoxy) is 2. The van der Waals surface area contributed by atoms with Crippen LogP contribution in [0, 0.1) is 12.5 Å². The topological polar surface area (TPSA) is 35.5 Å². The molecule has 87 valence electrons. The molecule has 1 aliphatic rings.